The summed E-state index contributed by atoms with van der Waals surface area (Å²) in [6.45, 7) is 6.25. The first kappa shape index (κ1) is 20.1. The van der Waals surface area contributed by atoms with Crippen LogP contribution in [0, 0.1) is 13.8 Å². The summed E-state index contributed by atoms with van der Waals surface area (Å²) >= 11 is 0. The molecular weight excluding hydrogens is 366 g/mol. The van der Waals surface area contributed by atoms with Gasteiger partial charge in [0.05, 0.1) is 12.3 Å². The van der Waals surface area contributed by atoms with E-state index in [9.17, 15) is 9.59 Å². The number of nitrogens with zero attached hydrogens (tertiary/aromatic N) is 1. The van der Waals surface area contributed by atoms with E-state index in [1.165, 1.54) is 12.3 Å². The number of aryl methyl sites for hydroxylation is 2. The molecule has 0 saturated carbocycles. The molecule has 0 fully saturated rings. The summed E-state index contributed by atoms with van der Waals surface area (Å²) in [5.74, 6) is -0.143. The van der Waals surface area contributed by atoms with Gasteiger partial charge in [0.15, 0.2) is 0 Å². The summed E-state index contributed by atoms with van der Waals surface area (Å²) in [7, 11) is 0. The Bertz CT molecular complexity index is 1050. The number of benzene rings is 2. The van der Waals surface area contributed by atoms with Gasteiger partial charge in [-0.05, 0) is 62.2 Å². The van der Waals surface area contributed by atoms with Crippen molar-refractivity contribution in [1.82, 2.24) is 4.98 Å². The minimum absolute atomic E-state index is 0.143. The molecule has 6 heteroatoms. The predicted molar refractivity (Wildman–Crippen MR) is 114 cm³/mol. The fraction of sp³-hybridized carbons (Fsp3) is 0.174. The number of carbonyl (C=O) groups excluding carboxylic acids is 2. The molecule has 0 saturated heterocycles. The molecule has 0 aliphatic rings. The molecule has 0 radical (unpaired) electrons. The van der Waals surface area contributed by atoms with Gasteiger partial charge in [0.2, 0.25) is 0 Å². The number of hydrogen-bond donors (Lipinski definition) is 2. The van der Waals surface area contributed by atoms with Crippen molar-refractivity contribution in [2.24, 2.45) is 0 Å². The number of ether oxygens (including phenoxy) is 1. The number of carbonyl (C=O) groups is 2. The van der Waals surface area contributed by atoms with Crippen molar-refractivity contribution in [3.63, 3.8) is 0 Å². The Balaban J connectivity index is 1.77. The Morgan fingerprint density at radius 2 is 1.69 bits per heavy atom. The lowest BCUT2D eigenvalue weighted by Gasteiger charge is -2.12. The van der Waals surface area contributed by atoms with Crippen LogP contribution in [-0.4, -0.2) is 23.4 Å². The maximum Gasteiger partial charge on any atom is 0.274 e. The summed E-state index contributed by atoms with van der Waals surface area (Å²) in [5, 5.41) is 5.68. The second-order valence-electron chi connectivity index (χ2n) is 6.59. The van der Waals surface area contributed by atoms with Crippen molar-refractivity contribution in [1.29, 1.82) is 0 Å². The Morgan fingerprint density at radius 3 is 2.48 bits per heavy atom. The van der Waals surface area contributed by atoms with Crippen LogP contribution in [0.4, 0.5) is 11.4 Å². The second-order valence-corrected chi connectivity index (χ2v) is 6.59. The highest BCUT2D eigenvalue weighted by atomic mass is 16.5. The highest BCUT2D eigenvalue weighted by Crippen LogP contribution is 2.24. The molecule has 1 aromatic heterocycles. The summed E-state index contributed by atoms with van der Waals surface area (Å²) in [6, 6.07) is 16.1. The molecule has 3 aromatic rings. The molecule has 1 heterocycles. The van der Waals surface area contributed by atoms with Gasteiger partial charge in [0.25, 0.3) is 11.8 Å². The molecule has 0 aliphatic heterocycles. The first-order valence-corrected chi connectivity index (χ1v) is 9.35. The molecule has 0 atom stereocenters. The molecule has 148 valence electrons. The smallest absolute Gasteiger partial charge is 0.274 e. The molecule has 2 N–H and O–H groups in total. The van der Waals surface area contributed by atoms with E-state index in [0.717, 1.165) is 16.8 Å². The molecule has 6 nitrogen and oxygen atoms in total. The van der Waals surface area contributed by atoms with E-state index >= 15 is 0 Å². The van der Waals surface area contributed by atoms with Crippen molar-refractivity contribution in [3.8, 4) is 5.75 Å². The van der Waals surface area contributed by atoms with Crippen LogP contribution in [-0.2, 0) is 0 Å². The zero-order valence-corrected chi connectivity index (χ0v) is 16.7. The topological polar surface area (TPSA) is 80.3 Å². The summed E-state index contributed by atoms with van der Waals surface area (Å²) in [5.41, 5.74) is 3.79. The zero-order valence-electron chi connectivity index (χ0n) is 16.7. The van der Waals surface area contributed by atoms with Crippen LogP contribution in [0.25, 0.3) is 0 Å². The molecule has 3 rings (SSSR count). The van der Waals surface area contributed by atoms with Crippen molar-refractivity contribution in [2.75, 3.05) is 17.2 Å². The third-order valence-electron chi connectivity index (χ3n) is 4.33. The molecule has 2 amide bonds. The number of amides is 2. The average Bonchev–Trinajstić information content (AvgIpc) is 2.72. The Labute approximate surface area is 169 Å². The number of para-hydroxylation sites is 2. The molecule has 0 unspecified atom stereocenters. The Kier molecular flexibility index (Phi) is 6.24. The molecule has 2 aromatic carbocycles. The predicted octanol–water partition coefficient (Wildman–Crippen LogP) is 4.60. The van der Waals surface area contributed by atoms with Crippen LogP contribution >= 0.6 is 0 Å². The third kappa shape index (κ3) is 4.99. The lowest BCUT2D eigenvalue weighted by Crippen LogP contribution is -2.17. The van der Waals surface area contributed by atoms with E-state index in [1.54, 1.807) is 24.3 Å². The van der Waals surface area contributed by atoms with Gasteiger partial charge in [-0.1, -0.05) is 24.3 Å². The first-order chi connectivity index (χ1) is 14.0. The van der Waals surface area contributed by atoms with Crippen molar-refractivity contribution in [2.45, 2.75) is 20.8 Å². The maximum atomic E-state index is 12.7. The van der Waals surface area contributed by atoms with Gasteiger partial charge in [-0.25, -0.2) is 0 Å². The van der Waals surface area contributed by atoms with Crippen molar-refractivity contribution >= 4 is 23.2 Å². The van der Waals surface area contributed by atoms with E-state index in [-0.39, 0.29) is 11.6 Å². The fourth-order valence-corrected chi connectivity index (χ4v) is 2.80. The van der Waals surface area contributed by atoms with Crippen LogP contribution in [0.1, 0.15) is 38.9 Å². The van der Waals surface area contributed by atoms with Gasteiger partial charge < -0.3 is 15.4 Å². The number of anilines is 2. The molecule has 0 spiro atoms. The molecule has 0 aliphatic carbocycles. The minimum Gasteiger partial charge on any atom is -0.492 e. The summed E-state index contributed by atoms with van der Waals surface area (Å²) < 4.78 is 5.52. The number of rotatable bonds is 6. The number of nitrogens with one attached hydrogen (secondary N) is 2. The van der Waals surface area contributed by atoms with Gasteiger partial charge in [0, 0.05) is 17.4 Å². The van der Waals surface area contributed by atoms with E-state index in [2.05, 4.69) is 15.6 Å². The number of pyridine rings is 1. The van der Waals surface area contributed by atoms with E-state index in [0.29, 0.717) is 23.6 Å². The minimum atomic E-state index is -0.418. The van der Waals surface area contributed by atoms with Crippen LogP contribution in [0.5, 0.6) is 5.75 Å². The molecule has 29 heavy (non-hydrogen) atoms. The average molecular weight is 389 g/mol. The number of hydrogen-bond acceptors (Lipinski definition) is 4. The highest BCUT2D eigenvalue weighted by Gasteiger charge is 2.14. The quantitative estimate of drug-likeness (QED) is 0.646. The van der Waals surface area contributed by atoms with Crippen LogP contribution < -0.4 is 15.4 Å². The van der Waals surface area contributed by atoms with E-state index in [4.69, 9.17) is 4.74 Å². The second kappa shape index (κ2) is 9.01. The molecule has 0 bridgehead atoms. The first-order valence-electron chi connectivity index (χ1n) is 9.35. The maximum absolute atomic E-state index is 12.7. The van der Waals surface area contributed by atoms with Gasteiger partial charge in [-0.15, -0.1) is 0 Å². The van der Waals surface area contributed by atoms with Gasteiger partial charge in [0.1, 0.15) is 11.4 Å². The van der Waals surface area contributed by atoms with Crippen molar-refractivity contribution < 1.29 is 14.3 Å². The Hall–Kier alpha value is -3.67. The SMILES string of the molecule is CCOc1ccccc1NC(=O)c1cc(C(=O)Nc2cc(C)ccc2C)ccn1. The van der Waals surface area contributed by atoms with Crippen LogP contribution in [0.3, 0.4) is 0 Å². The monoisotopic (exact) mass is 389 g/mol. The van der Waals surface area contributed by atoms with Gasteiger partial charge in [-0.3, -0.25) is 14.6 Å². The normalized spacial score (nSPS) is 10.3. The summed E-state index contributed by atoms with van der Waals surface area (Å²) in [4.78, 5) is 29.4. The molecular formula is C23H23N3O3. The van der Waals surface area contributed by atoms with E-state index < -0.39 is 5.91 Å². The number of aromatic nitrogens is 1. The lowest BCUT2D eigenvalue weighted by atomic mass is 10.1. The van der Waals surface area contributed by atoms with Crippen LogP contribution in [0.15, 0.2) is 60.8 Å². The van der Waals surface area contributed by atoms with Gasteiger partial charge in [-0.2, -0.15) is 0 Å². The standard InChI is InChI=1S/C23H23N3O3/c1-4-29-21-8-6-5-7-18(21)25-23(28)20-14-17(11-12-24-20)22(27)26-19-13-15(2)9-10-16(19)3/h5-14H,4H2,1-3H3,(H,25,28)(H,26,27). The largest absolute Gasteiger partial charge is 0.492 e. The van der Waals surface area contributed by atoms with Crippen LogP contribution in [0.2, 0.25) is 0 Å². The lowest BCUT2D eigenvalue weighted by molar-refractivity contribution is 0.102. The van der Waals surface area contributed by atoms with E-state index in [1.807, 2.05) is 45.0 Å². The highest BCUT2D eigenvalue weighted by molar-refractivity contribution is 6.08. The fourth-order valence-electron chi connectivity index (χ4n) is 2.80. The van der Waals surface area contributed by atoms with Crippen molar-refractivity contribution in [3.05, 3.63) is 83.2 Å². The Morgan fingerprint density at radius 1 is 0.931 bits per heavy atom. The zero-order chi connectivity index (χ0) is 20.8. The third-order valence-corrected chi connectivity index (χ3v) is 4.33. The van der Waals surface area contributed by atoms with Gasteiger partial charge >= 0.3 is 0 Å². The summed E-state index contributed by atoms with van der Waals surface area (Å²) in [6.07, 6.45) is 1.45.